The highest BCUT2D eigenvalue weighted by atomic mass is 16.5. The molecule has 0 unspecified atom stereocenters. The fourth-order valence-corrected chi connectivity index (χ4v) is 2.79. The van der Waals surface area contributed by atoms with Crippen LogP contribution in [0.15, 0.2) is 4.52 Å². The maximum atomic E-state index is 9.55. The third-order valence-corrected chi connectivity index (χ3v) is 4.62. The van der Waals surface area contributed by atoms with Gasteiger partial charge in [0.2, 0.25) is 5.89 Å². The largest absolute Gasteiger partial charge is 0.396 e. The van der Waals surface area contributed by atoms with Crippen LogP contribution < -0.4 is 0 Å². The fraction of sp³-hybridized carbons (Fsp3) is 0.867. The van der Waals surface area contributed by atoms with Crippen molar-refractivity contribution >= 4 is 0 Å². The van der Waals surface area contributed by atoms with Crippen LogP contribution in [0.5, 0.6) is 0 Å². The van der Waals surface area contributed by atoms with E-state index in [1.807, 2.05) is 0 Å². The lowest BCUT2D eigenvalue weighted by Gasteiger charge is -2.39. The quantitative estimate of drug-likeness (QED) is 0.831. The van der Waals surface area contributed by atoms with E-state index in [1.54, 1.807) is 0 Å². The lowest BCUT2D eigenvalue weighted by molar-refractivity contribution is 0.0371. The molecular weight excluding hydrogens is 254 g/mol. The van der Waals surface area contributed by atoms with Crippen LogP contribution in [0.2, 0.25) is 0 Å². The summed E-state index contributed by atoms with van der Waals surface area (Å²) in [7, 11) is 0. The van der Waals surface area contributed by atoms with Gasteiger partial charge < -0.3 is 9.63 Å². The molecule has 0 spiro atoms. The van der Waals surface area contributed by atoms with E-state index in [1.165, 1.54) is 0 Å². The Bertz CT molecular complexity index is 392. The molecule has 20 heavy (non-hydrogen) atoms. The summed E-state index contributed by atoms with van der Waals surface area (Å²) in [5, 5.41) is 13.6. The molecule has 1 saturated heterocycles. The third-order valence-electron chi connectivity index (χ3n) is 4.62. The first-order valence-electron chi connectivity index (χ1n) is 7.86. The van der Waals surface area contributed by atoms with Crippen LogP contribution in [0.3, 0.4) is 0 Å². The van der Waals surface area contributed by atoms with Crippen LogP contribution >= 0.6 is 0 Å². The molecule has 1 N–H and O–H groups in total. The Kier molecular flexibility index (Phi) is 5.54. The van der Waals surface area contributed by atoms with E-state index in [-0.39, 0.29) is 5.41 Å². The molecule has 0 bridgehead atoms. The van der Waals surface area contributed by atoms with E-state index in [0.29, 0.717) is 6.61 Å². The van der Waals surface area contributed by atoms with Gasteiger partial charge in [0.05, 0.1) is 6.54 Å². The molecule has 1 aromatic heterocycles. The molecule has 5 nitrogen and oxygen atoms in total. The first-order valence-corrected chi connectivity index (χ1v) is 7.86. The van der Waals surface area contributed by atoms with Crippen molar-refractivity contribution in [2.24, 2.45) is 5.41 Å². The van der Waals surface area contributed by atoms with E-state index in [0.717, 1.165) is 69.9 Å². The summed E-state index contributed by atoms with van der Waals surface area (Å²) in [5.74, 6) is 1.56. The fourth-order valence-electron chi connectivity index (χ4n) is 2.79. The number of nitrogens with zero attached hydrogens (tertiary/aromatic N) is 3. The van der Waals surface area contributed by atoms with Crippen molar-refractivity contribution in [3.05, 3.63) is 11.7 Å². The second-order valence-corrected chi connectivity index (χ2v) is 6.00. The Balaban J connectivity index is 1.82. The lowest BCUT2D eigenvalue weighted by atomic mass is 9.77. The zero-order chi connectivity index (χ0) is 14.4. The molecule has 0 aliphatic carbocycles. The molecule has 0 atom stereocenters. The Morgan fingerprint density at radius 3 is 2.65 bits per heavy atom. The number of rotatable bonds is 7. The maximum Gasteiger partial charge on any atom is 0.226 e. The number of aromatic nitrogens is 2. The molecule has 0 amide bonds. The molecule has 114 valence electrons. The molecule has 5 heteroatoms. The predicted molar refractivity (Wildman–Crippen MR) is 77.2 cm³/mol. The molecule has 2 heterocycles. The molecule has 1 aromatic rings. The summed E-state index contributed by atoms with van der Waals surface area (Å²) in [6.45, 7) is 7.42. The standard InChI is InChI=1S/C15H27N3O2/c1-3-5-6-14-16-13(17-20-14)11-18-9-7-15(4-2,12-19)8-10-18/h19H,3-12H2,1-2H3. The van der Waals surface area contributed by atoms with Crippen molar-refractivity contribution in [2.45, 2.75) is 58.9 Å². The number of unbranched alkanes of at least 4 members (excludes halogenated alkanes) is 1. The van der Waals surface area contributed by atoms with Crippen LogP contribution in [0.1, 0.15) is 57.7 Å². The Hall–Kier alpha value is -0.940. The van der Waals surface area contributed by atoms with Gasteiger partial charge >= 0.3 is 0 Å². The number of piperidine rings is 1. The minimum Gasteiger partial charge on any atom is -0.396 e. The number of likely N-dealkylation sites (tertiary alicyclic amines) is 1. The van der Waals surface area contributed by atoms with Crippen molar-refractivity contribution in [2.75, 3.05) is 19.7 Å². The number of aliphatic hydroxyl groups is 1. The van der Waals surface area contributed by atoms with Crippen molar-refractivity contribution in [3.63, 3.8) is 0 Å². The summed E-state index contributed by atoms with van der Waals surface area (Å²) in [6.07, 6.45) is 6.29. The average molecular weight is 281 g/mol. The summed E-state index contributed by atoms with van der Waals surface area (Å²) in [5.41, 5.74) is 0.139. The first kappa shape index (κ1) is 15.4. The van der Waals surface area contributed by atoms with E-state index in [2.05, 4.69) is 28.9 Å². The third kappa shape index (κ3) is 3.79. The highest BCUT2D eigenvalue weighted by Crippen LogP contribution is 2.34. The summed E-state index contributed by atoms with van der Waals surface area (Å²) in [6, 6.07) is 0. The van der Waals surface area contributed by atoms with Gasteiger partial charge in [-0.15, -0.1) is 0 Å². The number of aryl methyl sites for hydroxylation is 1. The van der Waals surface area contributed by atoms with Gasteiger partial charge in [-0.1, -0.05) is 25.4 Å². The zero-order valence-electron chi connectivity index (χ0n) is 12.8. The van der Waals surface area contributed by atoms with E-state index < -0.39 is 0 Å². The Morgan fingerprint density at radius 1 is 1.30 bits per heavy atom. The normalized spacial score (nSPS) is 19.4. The SMILES string of the molecule is CCCCc1nc(CN2CCC(CC)(CO)CC2)no1. The van der Waals surface area contributed by atoms with Gasteiger partial charge in [-0.05, 0) is 44.2 Å². The average Bonchev–Trinajstić information content (AvgIpc) is 2.94. The van der Waals surface area contributed by atoms with Gasteiger partial charge in [-0.2, -0.15) is 4.98 Å². The van der Waals surface area contributed by atoms with Crippen LogP contribution in [0.25, 0.3) is 0 Å². The summed E-state index contributed by atoms with van der Waals surface area (Å²) < 4.78 is 5.26. The molecule has 1 aliphatic rings. The van der Waals surface area contributed by atoms with E-state index in [4.69, 9.17) is 4.52 Å². The topological polar surface area (TPSA) is 62.4 Å². The minimum atomic E-state index is 0.139. The van der Waals surface area contributed by atoms with Gasteiger partial charge in [0.25, 0.3) is 0 Å². The molecule has 0 saturated carbocycles. The van der Waals surface area contributed by atoms with E-state index >= 15 is 0 Å². The van der Waals surface area contributed by atoms with Gasteiger partial charge in [0.1, 0.15) is 0 Å². The number of aliphatic hydroxyl groups excluding tert-OH is 1. The minimum absolute atomic E-state index is 0.139. The smallest absolute Gasteiger partial charge is 0.226 e. The van der Waals surface area contributed by atoms with Crippen molar-refractivity contribution in [1.29, 1.82) is 0 Å². The molecule has 0 aromatic carbocycles. The summed E-state index contributed by atoms with van der Waals surface area (Å²) >= 11 is 0. The van der Waals surface area contributed by atoms with Gasteiger partial charge in [-0.25, -0.2) is 0 Å². The van der Waals surface area contributed by atoms with Gasteiger partial charge in [0.15, 0.2) is 5.82 Å². The predicted octanol–water partition coefficient (Wildman–Crippen LogP) is 2.40. The Labute approximate surface area is 121 Å². The first-order chi connectivity index (χ1) is 9.71. The highest BCUT2D eigenvalue weighted by Gasteiger charge is 2.32. The number of hydrogen-bond acceptors (Lipinski definition) is 5. The van der Waals surface area contributed by atoms with Gasteiger partial charge in [-0.3, -0.25) is 4.90 Å². The van der Waals surface area contributed by atoms with Crippen molar-refractivity contribution in [3.8, 4) is 0 Å². The second-order valence-electron chi connectivity index (χ2n) is 6.00. The lowest BCUT2D eigenvalue weighted by Crippen LogP contribution is -2.41. The molecule has 0 radical (unpaired) electrons. The highest BCUT2D eigenvalue weighted by molar-refractivity contribution is 4.90. The van der Waals surface area contributed by atoms with Crippen LogP contribution in [0.4, 0.5) is 0 Å². The van der Waals surface area contributed by atoms with Crippen molar-refractivity contribution < 1.29 is 9.63 Å². The van der Waals surface area contributed by atoms with Crippen molar-refractivity contribution in [1.82, 2.24) is 15.0 Å². The molecule has 2 rings (SSSR count). The molecule has 1 fully saturated rings. The number of hydrogen-bond donors (Lipinski definition) is 1. The zero-order valence-corrected chi connectivity index (χ0v) is 12.8. The monoisotopic (exact) mass is 281 g/mol. The maximum absolute atomic E-state index is 9.55. The second kappa shape index (κ2) is 7.18. The van der Waals surface area contributed by atoms with E-state index in [9.17, 15) is 5.11 Å². The van der Waals surface area contributed by atoms with Crippen LogP contribution in [0, 0.1) is 5.41 Å². The van der Waals surface area contributed by atoms with Crippen LogP contribution in [-0.2, 0) is 13.0 Å². The van der Waals surface area contributed by atoms with Crippen LogP contribution in [-0.4, -0.2) is 39.8 Å². The summed E-state index contributed by atoms with van der Waals surface area (Å²) in [4.78, 5) is 6.81. The Morgan fingerprint density at radius 2 is 2.05 bits per heavy atom. The molecular formula is C15H27N3O2. The molecule has 1 aliphatic heterocycles. The van der Waals surface area contributed by atoms with Gasteiger partial charge in [0, 0.05) is 13.0 Å².